The zero-order valence-corrected chi connectivity index (χ0v) is 13.7. The van der Waals surface area contributed by atoms with Crippen molar-refractivity contribution >= 4 is 11.8 Å². The summed E-state index contributed by atoms with van der Waals surface area (Å²) >= 11 is 0. The van der Waals surface area contributed by atoms with E-state index < -0.39 is 0 Å². The lowest BCUT2D eigenvalue weighted by Crippen LogP contribution is -2.43. The molecule has 1 heterocycles. The largest absolute Gasteiger partial charge is 0.396 e. The number of carbonyl (C=O) groups excluding carboxylic acids is 1. The van der Waals surface area contributed by atoms with Crippen LogP contribution in [0.3, 0.4) is 0 Å². The van der Waals surface area contributed by atoms with E-state index in [2.05, 4.69) is 15.7 Å². The van der Waals surface area contributed by atoms with E-state index in [1.54, 1.807) is 10.9 Å². The summed E-state index contributed by atoms with van der Waals surface area (Å²) < 4.78 is 1.65. The molecule has 1 aromatic heterocycles. The summed E-state index contributed by atoms with van der Waals surface area (Å²) in [5.74, 6) is 0.361. The van der Waals surface area contributed by atoms with Gasteiger partial charge in [-0.05, 0) is 26.7 Å². The zero-order valence-electron chi connectivity index (χ0n) is 13.7. The summed E-state index contributed by atoms with van der Waals surface area (Å²) in [5, 5.41) is 28.5. The van der Waals surface area contributed by atoms with Crippen molar-refractivity contribution < 1.29 is 9.90 Å². The number of aliphatic hydroxyl groups excluding tert-OH is 1. The highest BCUT2D eigenvalue weighted by Gasteiger charge is 2.25. The third kappa shape index (κ3) is 4.45. The van der Waals surface area contributed by atoms with Crippen molar-refractivity contribution in [3.63, 3.8) is 0 Å². The van der Waals surface area contributed by atoms with Gasteiger partial charge in [-0.2, -0.15) is 10.4 Å². The number of anilines is 1. The maximum Gasteiger partial charge on any atom is 0.320 e. The summed E-state index contributed by atoms with van der Waals surface area (Å²) in [6, 6.07) is 1.74. The monoisotopic (exact) mass is 319 g/mol. The molecule has 0 aromatic carbocycles. The average molecular weight is 319 g/mol. The van der Waals surface area contributed by atoms with Crippen molar-refractivity contribution in [2.24, 2.45) is 5.92 Å². The first-order chi connectivity index (χ1) is 11.0. The Morgan fingerprint density at radius 2 is 2.22 bits per heavy atom. The van der Waals surface area contributed by atoms with E-state index in [0.717, 1.165) is 32.1 Å². The van der Waals surface area contributed by atoms with E-state index in [4.69, 9.17) is 5.26 Å². The molecular formula is C16H25N5O2. The highest BCUT2D eigenvalue weighted by Crippen LogP contribution is 2.23. The van der Waals surface area contributed by atoms with Crippen molar-refractivity contribution in [1.29, 1.82) is 5.26 Å². The summed E-state index contributed by atoms with van der Waals surface area (Å²) in [6.07, 6.45) is 6.68. The van der Waals surface area contributed by atoms with Crippen LogP contribution in [0, 0.1) is 17.2 Å². The number of carbonyl (C=O) groups is 1. The lowest BCUT2D eigenvalue weighted by atomic mass is 9.96. The van der Waals surface area contributed by atoms with Crippen LogP contribution in [0.15, 0.2) is 6.20 Å². The number of nitrogens with zero attached hydrogens (tertiary/aromatic N) is 3. The number of amides is 2. The van der Waals surface area contributed by atoms with Gasteiger partial charge in [-0.1, -0.05) is 19.3 Å². The Kier molecular flexibility index (Phi) is 5.99. The van der Waals surface area contributed by atoms with Gasteiger partial charge in [0, 0.05) is 30.8 Å². The van der Waals surface area contributed by atoms with Gasteiger partial charge in [0.05, 0.1) is 0 Å². The molecule has 0 aliphatic heterocycles. The standard InChI is InChI=1S/C16H25N5O2/c1-11(2)21-9-13(8-17)15(20-21)19-16(23)18-14-7-5-3-4-6-12(14)10-22/h9,11-12,14,22H,3-7,10H2,1-2H3,(H2,18,19,20,23). The lowest BCUT2D eigenvalue weighted by Gasteiger charge is -2.24. The molecule has 2 rings (SSSR count). The van der Waals surface area contributed by atoms with Gasteiger partial charge in [0.1, 0.15) is 11.6 Å². The molecule has 1 fully saturated rings. The predicted octanol–water partition coefficient (Wildman–Crippen LogP) is 2.40. The Hall–Kier alpha value is -2.07. The Balaban J connectivity index is 2.02. The van der Waals surface area contributed by atoms with Crippen LogP contribution in [0.25, 0.3) is 0 Å². The molecule has 2 unspecified atom stereocenters. The second-order valence-corrected chi connectivity index (χ2v) is 6.36. The summed E-state index contributed by atoms with van der Waals surface area (Å²) in [7, 11) is 0. The topological polar surface area (TPSA) is 103 Å². The van der Waals surface area contributed by atoms with E-state index in [1.165, 1.54) is 0 Å². The van der Waals surface area contributed by atoms with Crippen LogP contribution in [-0.4, -0.2) is 33.6 Å². The Morgan fingerprint density at radius 3 is 2.87 bits per heavy atom. The van der Waals surface area contributed by atoms with Gasteiger partial charge >= 0.3 is 6.03 Å². The molecule has 7 nitrogen and oxygen atoms in total. The molecule has 1 aromatic rings. The number of nitrogens with one attached hydrogen (secondary N) is 2. The number of rotatable bonds is 4. The van der Waals surface area contributed by atoms with Gasteiger partial charge in [0.15, 0.2) is 5.82 Å². The molecule has 0 spiro atoms. The minimum absolute atomic E-state index is 0.0415. The van der Waals surface area contributed by atoms with Gasteiger partial charge in [-0.25, -0.2) is 4.79 Å². The molecule has 3 N–H and O–H groups in total. The van der Waals surface area contributed by atoms with Gasteiger partial charge in [0.2, 0.25) is 0 Å². The minimum atomic E-state index is -0.374. The summed E-state index contributed by atoms with van der Waals surface area (Å²) in [5.41, 5.74) is 0.341. The second-order valence-electron chi connectivity index (χ2n) is 6.36. The zero-order chi connectivity index (χ0) is 16.8. The Labute approximate surface area is 136 Å². The first-order valence-electron chi connectivity index (χ1n) is 8.22. The summed E-state index contributed by atoms with van der Waals surface area (Å²) in [4.78, 5) is 12.2. The van der Waals surface area contributed by atoms with E-state index >= 15 is 0 Å². The van der Waals surface area contributed by atoms with E-state index in [-0.39, 0.29) is 36.5 Å². The van der Waals surface area contributed by atoms with Gasteiger partial charge in [-0.3, -0.25) is 10.00 Å². The molecule has 0 saturated heterocycles. The third-order valence-electron chi connectivity index (χ3n) is 4.32. The van der Waals surface area contributed by atoms with Crippen LogP contribution in [0.2, 0.25) is 0 Å². The fourth-order valence-corrected chi connectivity index (χ4v) is 2.94. The van der Waals surface area contributed by atoms with Crippen LogP contribution < -0.4 is 10.6 Å². The summed E-state index contributed by atoms with van der Waals surface area (Å²) in [6.45, 7) is 3.99. The van der Waals surface area contributed by atoms with E-state index in [9.17, 15) is 9.90 Å². The third-order valence-corrected chi connectivity index (χ3v) is 4.32. The quantitative estimate of drug-likeness (QED) is 0.741. The van der Waals surface area contributed by atoms with Crippen molar-refractivity contribution in [3.8, 4) is 6.07 Å². The maximum atomic E-state index is 12.2. The normalized spacial score (nSPS) is 21.5. The molecule has 1 saturated carbocycles. The van der Waals surface area contributed by atoms with Crippen molar-refractivity contribution in [3.05, 3.63) is 11.8 Å². The molecular weight excluding hydrogens is 294 g/mol. The molecule has 0 bridgehead atoms. The van der Waals surface area contributed by atoms with E-state index in [1.807, 2.05) is 19.9 Å². The molecule has 1 aliphatic carbocycles. The smallest absolute Gasteiger partial charge is 0.320 e. The molecule has 0 radical (unpaired) electrons. The number of aliphatic hydroxyl groups is 1. The highest BCUT2D eigenvalue weighted by molar-refractivity contribution is 5.89. The van der Waals surface area contributed by atoms with Crippen molar-refractivity contribution in [2.45, 2.75) is 58.0 Å². The van der Waals surface area contributed by atoms with Crippen LogP contribution >= 0.6 is 0 Å². The number of nitriles is 1. The molecule has 2 amide bonds. The minimum Gasteiger partial charge on any atom is -0.396 e. The molecule has 1 aliphatic rings. The van der Waals surface area contributed by atoms with E-state index in [0.29, 0.717) is 5.56 Å². The molecule has 2 atom stereocenters. The lowest BCUT2D eigenvalue weighted by molar-refractivity contribution is 0.182. The van der Waals surface area contributed by atoms with Gasteiger partial charge in [-0.15, -0.1) is 0 Å². The Bertz CT molecular complexity index is 576. The number of hydrogen-bond donors (Lipinski definition) is 3. The SMILES string of the molecule is CC(C)n1cc(C#N)c(NC(=O)NC2CCCCCC2CO)n1. The van der Waals surface area contributed by atoms with Crippen LogP contribution in [0.4, 0.5) is 10.6 Å². The van der Waals surface area contributed by atoms with Gasteiger partial charge < -0.3 is 10.4 Å². The van der Waals surface area contributed by atoms with Crippen molar-refractivity contribution in [2.75, 3.05) is 11.9 Å². The highest BCUT2D eigenvalue weighted by atomic mass is 16.3. The van der Waals surface area contributed by atoms with Gasteiger partial charge in [0.25, 0.3) is 0 Å². The van der Waals surface area contributed by atoms with Crippen LogP contribution in [-0.2, 0) is 0 Å². The number of hydrogen-bond acceptors (Lipinski definition) is 4. The fourth-order valence-electron chi connectivity index (χ4n) is 2.94. The molecule has 7 heteroatoms. The maximum absolute atomic E-state index is 12.2. The van der Waals surface area contributed by atoms with Crippen molar-refractivity contribution in [1.82, 2.24) is 15.1 Å². The van der Waals surface area contributed by atoms with Crippen LogP contribution in [0.1, 0.15) is 57.6 Å². The van der Waals surface area contributed by atoms with Crippen LogP contribution in [0.5, 0.6) is 0 Å². The number of urea groups is 1. The first-order valence-corrected chi connectivity index (χ1v) is 8.22. The number of aromatic nitrogens is 2. The molecule has 23 heavy (non-hydrogen) atoms. The second kappa shape index (κ2) is 7.97. The first kappa shape index (κ1) is 17.3. The average Bonchev–Trinajstić information content (AvgIpc) is 2.79. The predicted molar refractivity (Wildman–Crippen MR) is 86.9 cm³/mol. The fraction of sp³-hybridized carbons (Fsp3) is 0.688. The molecule has 126 valence electrons. The Morgan fingerprint density at radius 1 is 1.48 bits per heavy atom.